The molecule has 0 heterocycles. The molecule has 0 aromatic rings. The van der Waals surface area contributed by atoms with E-state index in [0.717, 1.165) is 13.0 Å². The van der Waals surface area contributed by atoms with Crippen molar-refractivity contribution in [2.45, 2.75) is 19.4 Å². The number of carboxylic acid groups (broad SMARTS) is 1. The number of rotatable bonds is 5. The molecule has 0 radical (unpaired) electrons. The molecular weight excluding hydrogens is 142 g/mol. The Kier molecular flexibility index (Phi) is 4.54. The third kappa shape index (κ3) is 3.78. The fraction of sp³-hybridized carbons (Fsp3) is 0.625. The van der Waals surface area contributed by atoms with Crippen molar-refractivity contribution in [3.05, 3.63) is 12.7 Å². The van der Waals surface area contributed by atoms with E-state index in [2.05, 4.69) is 6.58 Å². The maximum absolute atomic E-state index is 10.4. The normalized spacial score (nSPS) is 13.0. The van der Waals surface area contributed by atoms with Crippen LogP contribution in [-0.2, 0) is 4.79 Å². The fourth-order valence-electron chi connectivity index (χ4n) is 0.677. The first kappa shape index (κ1) is 10.2. The Morgan fingerprint density at radius 1 is 1.82 bits per heavy atom. The highest BCUT2D eigenvalue weighted by Crippen LogP contribution is 1.96. The molecule has 0 aliphatic heterocycles. The van der Waals surface area contributed by atoms with Crippen LogP contribution in [0.2, 0.25) is 0 Å². The third-order valence-electron chi connectivity index (χ3n) is 1.70. The molecule has 1 N–H and O–H groups in total. The van der Waals surface area contributed by atoms with E-state index >= 15 is 0 Å². The zero-order valence-electron chi connectivity index (χ0n) is 7.08. The molecule has 3 nitrogen and oxygen atoms in total. The summed E-state index contributed by atoms with van der Waals surface area (Å²) in [5, 5.41) is 8.58. The van der Waals surface area contributed by atoms with Crippen LogP contribution in [0.3, 0.4) is 0 Å². The van der Waals surface area contributed by atoms with Gasteiger partial charge >= 0.3 is 5.97 Å². The molecule has 0 fully saturated rings. The monoisotopic (exact) mass is 157 g/mol. The Labute approximate surface area is 67.3 Å². The first-order valence-electron chi connectivity index (χ1n) is 3.63. The van der Waals surface area contributed by atoms with Gasteiger partial charge in [0, 0.05) is 6.54 Å². The maximum atomic E-state index is 10.4. The van der Waals surface area contributed by atoms with Crippen LogP contribution in [0.25, 0.3) is 0 Å². The fourth-order valence-corrected chi connectivity index (χ4v) is 0.677. The first-order chi connectivity index (χ1) is 5.09. The molecule has 0 rings (SSSR count). The summed E-state index contributed by atoms with van der Waals surface area (Å²) in [5.74, 6) is -0.781. The largest absolute Gasteiger partial charge is 0.480 e. The lowest BCUT2D eigenvalue weighted by atomic mass is 10.3. The number of carbonyl (C=O) groups is 1. The molecule has 1 atom stereocenters. The third-order valence-corrected chi connectivity index (χ3v) is 1.70. The molecule has 0 aliphatic rings. The number of likely N-dealkylation sites (N-methyl/N-ethyl adjacent to an activating group) is 1. The van der Waals surface area contributed by atoms with E-state index in [9.17, 15) is 4.79 Å². The highest BCUT2D eigenvalue weighted by atomic mass is 16.4. The van der Waals surface area contributed by atoms with Crippen molar-refractivity contribution in [3.63, 3.8) is 0 Å². The second-order valence-corrected chi connectivity index (χ2v) is 2.57. The molecule has 11 heavy (non-hydrogen) atoms. The smallest absolute Gasteiger partial charge is 0.320 e. The van der Waals surface area contributed by atoms with Crippen LogP contribution in [0, 0.1) is 0 Å². The van der Waals surface area contributed by atoms with Crippen LogP contribution in [0.1, 0.15) is 13.3 Å². The SMILES string of the molecule is C=CCCN(C)C(C)C(=O)O. The second kappa shape index (κ2) is 4.91. The average Bonchev–Trinajstić information content (AvgIpc) is 1.98. The minimum Gasteiger partial charge on any atom is -0.480 e. The molecule has 0 aliphatic carbocycles. The van der Waals surface area contributed by atoms with E-state index in [1.54, 1.807) is 24.9 Å². The summed E-state index contributed by atoms with van der Waals surface area (Å²) in [7, 11) is 1.79. The van der Waals surface area contributed by atoms with Crippen LogP contribution in [0.15, 0.2) is 12.7 Å². The topological polar surface area (TPSA) is 40.5 Å². The van der Waals surface area contributed by atoms with Crippen molar-refractivity contribution < 1.29 is 9.90 Å². The highest BCUT2D eigenvalue weighted by molar-refractivity contribution is 5.72. The Balaban J connectivity index is 3.72. The van der Waals surface area contributed by atoms with Gasteiger partial charge in [-0.25, -0.2) is 0 Å². The summed E-state index contributed by atoms with van der Waals surface area (Å²) in [5.41, 5.74) is 0. The van der Waals surface area contributed by atoms with Crippen molar-refractivity contribution >= 4 is 5.97 Å². The van der Waals surface area contributed by atoms with Gasteiger partial charge in [0.2, 0.25) is 0 Å². The standard InChI is InChI=1S/C8H15NO2/c1-4-5-6-9(3)7(2)8(10)11/h4,7H,1,5-6H2,2-3H3,(H,10,11). The average molecular weight is 157 g/mol. The molecule has 0 aromatic carbocycles. The lowest BCUT2D eigenvalue weighted by Crippen LogP contribution is -2.36. The van der Waals surface area contributed by atoms with Gasteiger partial charge in [0.25, 0.3) is 0 Å². The molecule has 0 spiro atoms. The minimum atomic E-state index is -0.781. The summed E-state index contributed by atoms with van der Waals surface area (Å²) in [4.78, 5) is 12.2. The predicted octanol–water partition coefficient (Wildman–Crippen LogP) is 0.967. The van der Waals surface area contributed by atoms with Gasteiger partial charge in [0.15, 0.2) is 0 Å². The Bertz CT molecular complexity index is 145. The number of hydrogen-bond acceptors (Lipinski definition) is 2. The van der Waals surface area contributed by atoms with Gasteiger partial charge in [-0.15, -0.1) is 6.58 Å². The van der Waals surface area contributed by atoms with Gasteiger partial charge < -0.3 is 5.11 Å². The minimum absolute atomic E-state index is 0.407. The van der Waals surface area contributed by atoms with Crippen LogP contribution >= 0.6 is 0 Å². The van der Waals surface area contributed by atoms with Crippen LogP contribution in [0.5, 0.6) is 0 Å². The molecule has 0 amide bonds. The Hall–Kier alpha value is -0.830. The summed E-state index contributed by atoms with van der Waals surface area (Å²) in [6, 6.07) is -0.407. The van der Waals surface area contributed by atoms with E-state index < -0.39 is 12.0 Å². The van der Waals surface area contributed by atoms with E-state index in [1.165, 1.54) is 0 Å². The Morgan fingerprint density at radius 3 is 2.73 bits per heavy atom. The van der Waals surface area contributed by atoms with Gasteiger partial charge in [0.1, 0.15) is 6.04 Å². The lowest BCUT2D eigenvalue weighted by molar-refractivity contribution is -0.142. The van der Waals surface area contributed by atoms with E-state index in [0.29, 0.717) is 0 Å². The molecule has 1 unspecified atom stereocenters. The van der Waals surface area contributed by atoms with Crippen molar-refractivity contribution in [2.75, 3.05) is 13.6 Å². The Morgan fingerprint density at radius 2 is 2.36 bits per heavy atom. The number of hydrogen-bond donors (Lipinski definition) is 1. The van der Waals surface area contributed by atoms with Crippen molar-refractivity contribution in [2.24, 2.45) is 0 Å². The number of nitrogens with zero attached hydrogens (tertiary/aromatic N) is 1. The molecule has 0 saturated heterocycles. The van der Waals surface area contributed by atoms with Gasteiger partial charge in [-0.1, -0.05) is 6.08 Å². The molecule has 64 valence electrons. The van der Waals surface area contributed by atoms with Gasteiger partial charge in [-0.3, -0.25) is 9.69 Å². The zero-order valence-corrected chi connectivity index (χ0v) is 7.08. The lowest BCUT2D eigenvalue weighted by Gasteiger charge is -2.19. The number of aliphatic carboxylic acids is 1. The van der Waals surface area contributed by atoms with Crippen molar-refractivity contribution in [3.8, 4) is 0 Å². The molecule has 0 aromatic heterocycles. The van der Waals surface area contributed by atoms with E-state index in [-0.39, 0.29) is 0 Å². The predicted molar refractivity (Wildman–Crippen MR) is 44.5 cm³/mol. The zero-order chi connectivity index (χ0) is 8.85. The second-order valence-electron chi connectivity index (χ2n) is 2.57. The highest BCUT2D eigenvalue weighted by Gasteiger charge is 2.14. The number of carboxylic acids is 1. The van der Waals surface area contributed by atoms with Crippen LogP contribution < -0.4 is 0 Å². The summed E-state index contributed by atoms with van der Waals surface area (Å²) in [6.07, 6.45) is 2.61. The molecule has 3 heteroatoms. The quantitative estimate of drug-likeness (QED) is 0.604. The first-order valence-corrected chi connectivity index (χ1v) is 3.63. The van der Waals surface area contributed by atoms with Gasteiger partial charge in [0.05, 0.1) is 0 Å². The summed E-state index contributed by atoms with van der Waals surface area (Å²) < 4.78 is 0. The summed E-state index contributed by atoms with van der Waals surface area (Å²) >= 11 is 0. The van der Waals surface area contributed by atoms with Crippen LogP contribution in [-0.4, -0.2) is 35.6 Å². The van der Waals surface area contributed by atoms with Crippen LogP contribution in [0.4, 0.5) is 0 Å². The van der Waals surface area contributed by atoms with E-state index in [4.69, 9.17) is 5.11 Å². The maximum Gasteiger partial charge on any atom is 0.320 e. The molecular formula is C8H15NO2. The van der Waals surface area contributed by atoms with Gasteiger partial charge in [-0.05, 0) is 20.4 Å². The van der Waals surface area contributed by atoms with E-state index in [1.807, 2.05) is 0 Å². The molecule has 0 bridgehead atoms. The summed E-state index contributed by atoms with van der Waals surface area (Å²) in [6.45, 7) is 5.98. The van der Waals surface area contributed by atoms with Crippen molar-refractivity contribution in [1.82, 2.24) is 4.90 Å². The molecule has 0 saturated carbocycles. The van der Waals surface area contributed by atoms with Crippen molar-refractivity contribution in [1.29, 1.82) is 0 Å². The van der Waals surface area contributed by atoms with Gasteiger partial charge in [-0.2, -0.15) is 0 Å².